The third-order valence-electron chi connectivity index (χ3n) is 9.70. The summed E-state index contributed by atoms with van der Waals surface area (Å²) in [6.45, 7) is 4.92. The molecule has 0 aromatic rings. The second-order valence-electron chi connectivity index (χ2n) is 14.9. The highest BCUT2D eigenvalue weighted by atomic mass is 31.2. The van der Waals surface area contributed by atoms with Gasteiger partial charge in [-0.2, -0.15) is 0 Å². The van der Waals surface area contributed by atoms with Crippen LogP contribution in [-0.4, -0.2) is 49.9 Å². The Kier molecular flexibility index (Phi) is 40.8. The maximum atomic E-state index is 12.6. The Balaban J connectivity index is 4.02. The SMILES string of the molecule is CCCCCCCCCCCCCCC/C=C\CCC(=O)OC(COCCCCCCCCCCCCCCCCCC)COP(=O)(O)OCCN. The Morgan fingerprint density at radius 3 is 1.40 bits per heavy atom. The average molecular weight is 760 g/mol. The zero-order valence-electron chi connectivity index (χ0n) is 34.3. The summed E-state index contributed by atoms with van der Waals surface area (Å²) in [5.41, 5.74) is 5.37. The van der Waals surface area contributed by atoms with Crippen LogP contribution in [0.2, 0.25) is 0 Å². The first kappa shape index (κ1) is 51.2. The van der Waals surface area contributed by atoms with E-state index in [0.29, 0.717) is 13.0 Å². The monoisotopic (exact) mass is 760 g/mol. The molecule has 0 saturated heterocycles. The average Bonchev–Trinajstić information content (AvgIpc) is 3.13. The fourth-order valence-corrected chi connectivity index (χ4v) is 7.19. The van der Waals surface area contributed by atoms with Gasteiger partial charge in [0.25, 0.3) is 0 Å². The first-order valence-corrected chi connectivity index (χ1v) is 23.7. The van der Waals surface area contributed by atoms with Crippen LogP contribution in [0.15, 0.2) is 12.2 Å². The van der Waals surface area contributed by atoms with Crippen LogP contribution in [0.1, 0.15) is 219 Å². The van der Waals surface area contributed by atoms with Crippen molar-refractivity contribution >= 4 is 13.8 Å². The largest absolute Gasteiger partial charge is 0.472 e. The molecular formula is C43H86NO7P. The number of unbranched alkanes of at least 4 members (excludes halogenated alkanes) is 28. The fraction of sp³-hybridized carbons (Fsp3) is 0.930. The normalized spacial score (nSPS) is 13.5. The molecular weight excluding hydrogens is 673 g/mol. The molecule has 0 aliphatic rings. The number of hydrogen-bond donors (Lipinski definition) is 2. The van der Waals surface area contributed by atoms with Gasteiger partial charge < -0.3 is 20.1 Å². The fourth-order valence-electron chi connectivity index (χ4n) is 6.43. The molecule has 0 aliphatic carbocycles. The van der Waals surface area contributed by atoms with Gasteiger partial charge in [0.1, 0.15) is 6.10 Å². The van der Waals surface area contributed by atoms with Crippen molar-refractivity contribution in [3.63, 3.8) is 0 Å². The third kappa shape index (κ3) is 40.4. The molecule has 0 aliphatic heterocycles. The maximum absolute atomic E-state index is 12.6. The minimum Gasteiger partial charge on any atom is -0.457 e. The molecule has 0 heterocycles. The molecule has 8 nitrogen and oxygen atoms in total. The van der Waals surface area contributed by atoms with Crippen molar-refractivity contribution in [2.45, 2.75) is 225 Å². The van der Waals surface area contributed by atoms with Gasteiger partial charge in [-0.25, -0.2) is 4.57 Å². The van der Waals surface area contributed by atoms with Crippen molar-refractivity contribution in [1.29, 1.82) is 0 Å². The van der Waals surface area contributed by atoms with Gasteiger partial charge in [-0.05, 0) is 25.7 Å². The van der Waals surface area contributed by atoms with Gasteiger partial charge in [-0.15, -0.1) is 0 Å². The smallest absolute Gasteiger partial charge is 0.457 e. The number of carbonyl (C=O) groups is 1. The molecule has 0 spiro atoms. The van der Waals surface area contributed by atoms with Crippen LogP contribution < -0.4 is 5.73 Å². The van der Waals surface area contributed by atoms with E-state index in [9.17, 15) is 14.3 Å². The highest BCUT2D eigenvalue weighted by Crippen LogP contribution is 2.43. The first-order valence-electron chi connectivity index (χ1n) is 22.2. The number of nitrogens with two attached hydrogens (primary N) is 1. The van der Waals surface area contributed by atoms with Crippen molar-refractivity contribution in [3.05, 3.63) is 12.2 Å². The summed E-state index contributed by atoms with van der Waals surface area (Å²) in [5, 5.41) is 0. The molecule has 0 rings (SSSR count). The van der Waals surface area contributed by atoms with Gasteiger partial charge in [0.05, 0.1) is 19.8 Å². The minimum atomic E-state index is -4.28. The third-order valence-corrected chi connectivity index (χ3v) is 10.7. The van der Waals surface area contributed by atoms with Gasteiger partial charge in [0.15, 0.2) is 0 Å². The summed E-state index contributed by atoms with van der Waals surface area (Å²) in [6.07, 6.45) is 43.8. The molecule has 52 heavy (non-hydrogen) atoms. The van der Waals surface area contributed by atoms with Crippen LogP contribution in [0.25, 0.3) is 0 Å². The number of esters is 1. The number of ether oxygens (including phenoxy) is 2. The number of hydrogen-bond acceptors (Lipinski definition) is 7. The van der Waals surface area contributed by atoms with Crippen molar-refractivity contribution in [1.82, 2.24) is 0 Å². The van der Waals surface area contributed by atoms with Gasteiger partial charge >= 0.3 is 13.8 Å². The van der Waals surface area contributed by atoms with Crippen molar-refractivity contribution in [2.24, 2.45) is 5.73 Å². The van der Waals surface area contributed by atoms with E-state index >= 15 is 0 Å². The van der Waals surface area contributed by atoms with Gasteiger partial charge in [-0.3, -0.25) is 13.8 Å². The molecule has 0 radical (unpaired) electrons. The van der Waals surface area contributed by atoms with Gasteiger partial charge in [0, 0.05) is 19.6 Å². The van der Waals surface area contributed by atoms with E-state index in [1.807, 2.05) is 6.08 Å². The minimum absolute atomic E-state index is 0.0976. The lowest BCUT2D eigenvalue weighted by molar-refractivity contribution is -0.154. The van der Waals surface area contributed by atoms with Crippen LogP contribution in [0, 0.1) is 0 Å². The number of rotatable bonds is 43. The number of phosphoric acid groups is 1. The summed E-state index contributed by atoms with van der Waals surface area (Å²) < 4.78 is 33.4. The van der Waals surface area contributed by atoms with Crippen molar-refractivity contribution in [3.8, 4) is 0 Å². The van der Waals surface area contributed by atoms with E-state index in [1.165, 1.54) is 173 Å². The Labute approximate surface area is 322 Å². The topological polar surface area (TPSA) is 117 Å². The van der Waals surface area contributed by atoms with Crippen LogP contribution in [0.5, 0.6) is 0 Å². The maximum Gasteiger partial charge on any atom is 0.472 e. The summed E-state index contributed by atoms with van der Waals surface area (Å²) >= 11 is 0. The van der Waals surface area contributed by atoms with Gasteiger partial charge in [0.2, 0.25) is 0 Å². The summed E-state index contributed by atoms with van der Waals surface area (Å²) in [6, 6.07) is 0. The first-order chi connectivity index (χ1) is 25.4. The lowest BCUT2D eigenvalue weighted by atomic mass is 10.0. The number of carbonyl (C=O) groups excluding carboxylic acids is 1. The van der Waals surface area contributed by atoms with Crippen LogP contribution in [-0.2, 0) is 27.9 Å². The molecule has 0 aromatic carbocycles. The van der Waals surface area contributed by atoms with E-state index in [4.69, 9.17) is 24.3 Å². The molecule has 0 aromatic heterocycles. The van der Waals surface area contributed by atoms with E-state index in [0.717, 1.165) is 19.3 Å². The Morgan fingerprint density at radius 2 is 0.962 bits per heavy atom. The highest BCUT2D eigenvalue weighted by Gasteiger charge is 2.25. The van der Waals surface area contributed by atoms with E-state index in [2.05, 4.69) is 19.9 Å². The van der Waals surface area contributed by atoms with E-state index in [-0.39, 0.29) is 38.8 Å². The van der Waals surface area contributed by atoms with E-state index < -0.39 is 13.9 Å². The molecule has 0 bridgehead atoms. The Bertz CT molecular complexity index is 812. The van der Waals surface area contributed by atoms with E-state index in [1.54, 1.807) is 0 Å². The number of allylic oxidation sites excluding steroid dienone is 2. The van der Waals surface area contributed by atoms with Gasteiger partial charge in [-0.1, -0.05) is 199 Å². The number of phosphoric ester groups is 1. The summed E-state index contributed by atoms with van der Waals surface area (Å²) in [7, 11) is -4.28. The summed E-state index contributed by atoms with van der Waals surface area (Å²) in [5.74, 6) is -0.374. The lowest BCUT2D eigenvalue weighted by Crippen LogP contribution is -2.28. The molecule has 310 valence electrons. The highest BCUT2D eigenvalue weighted by molar-refractivity contribution is 7.47. The zero-order chi connectivity index (χ0) is 38.1. The Morgan fingerprint density at radius 1 is 0.558 bits per heavy atom. The van der Waals surface area contributed by atoms with Crippen LogP contribution >= 0.6 is 7.82 Å². The van der Waals surface area contributed by atoms with Crippen LogP contribution in [0.3, 0.4) is 0 Å². The second kappa shape index (κ2) is 41.4. The molecule has 0 saturated carbocycles. The summed E-state index contributed by atoms with van der Waals surface area (Å²) in [4.78, 5) is 22.4. The van der Waals surface area contributed by atoms with Crippen LogP contribution in [0.4, 0.5) is 0 Å². The van der Waals surface area contributed by atoms with Crippen molar-refractivity contribution in [2.75, 3.05) is 33.0 Å². The molecule has 9 heteroatoms. The predicted molar refractivity (Wildman–Crippen MR) is 220 cm³/mol. The standard InChI is InChI=1S/C43H86NO7P/c1-3-5-7-9-11-13-15-17-19-21-22-24-26-28-30-32-34-36-43(45)51-42(41-50-52(46,47)49-39-37-44)40-48-38-35-33-31-29-27-25-23-20-18-16-14-12-10-8-6-4-2/h30,32,42H,3-29,31,33-41,44H2,1-2H3,(H,46,47)/b32-30-. The van der Waals surface area contributed by atoms with Crippen molar-refractivity contribution < 1.29 is 32.8 Å². The molecule has 2 atom stereocenters. The molecule has 3 N–H and O–H groups in total. The Hall–Kier alpha value is -0.760. The molecule has 0 amide bonds. The predicted octanol–water partition coefficient (Wildman–Crippen LogP) is 13.1. The zero-order valence-corrected chi connectivity index (χ0v) is 35.2. The second-order valence-corrected chi connectivity index (χ2v) is 16.4. The quantitative estimate of drug-likeness (QED) is 0.0273. The molecule has 0 fully saturated rings. The molecule has 2 unspecified atom stereocenters. The lowest BCUT2D eigenvalue weighted by Gasteiger charge is -2.20.